The lowest BCUT2D eigenvalue weighted by atomic mass is 10.3. The van der Waals surface area contributed by atoms with Gasteiger partial charge in [-0.1, -0.05) is 12.1 Å². The first kappa shape index (κ1) is 14.3. The number of pyridine rings is 1. The van der Waals surface area contributed by atoms with Gasteiger partial charge in [0.25, 0.3) is 0 Å². The van der Waals surface area contributed by atoms with Gasteiger partial charge in [-0.15, -0.1) is 0 Å². The Hall–Kier alpha value is -2.12. The van der Waals surface area contributed by atoms with E-state index in [0.29, 0.717) is 18.0 Å². The average molecular weight is 337 g/mol. The number of carbonyl (C=O) groups is 1. The van der Waals surface area contributed by atoms with Crippen LogP contribution in [0.4, 0.5) is 10.5 Å². The zero-order chi connectivity index (χ0) is 14.4. The highest BCUT2D eigenvalue weighted by molar-refractivity contribution is 9.10. The summed E-state index contributed by atoms with van der Waals surface area (Å²) in [6.45, 7) is 0.294. The fourth-order valence-corrected chi connectivity index (χ4v) is 2.02. The molecule has 0 fully saturated rings. The Morgan fingerprint density at radius 2 is 2.15 bits per heavy atom. The highest BCUT2D eigenvalue weighted by atomic mass is 79.9. The molecule has 2 rings (SSSR count). The lowest BCUT2D eigenvalue weighted by Gasteiger charge is -2.13. The van der Waals surface area contributed by atoms with Crippen LogP contribution < -0.4 is 21.3 Å². The maximum absolute atomic E-state index is 11.3. The van der Waals surface area contributed by atoms with Gasteiger partial charge >= 0.3 is 6.03 Å². The minimum atomic E-state index is -0.522. The maximum atomic E-state index is 11.3. The van der Waals surface area contributed by atoms with Crippen molar-refractivity contribution in [1.82, 2.24) is 10.4 Å². The van der Waals surface area contributed by atoms with E-state index in [1.165, 1.54) is 0 Å². The van der Waals surface area contributed by atoms with Gasteiger partial charge in [-0.05, 0) is 40.2 Å². The van der Waals surface area contributed by atoms with Crippen molar-refractivity contribution in [2.45, 2.75) is 6.61 Å². The van der Waals surface area contributed by atoms with Crippen molar-refractivity contribution in [2.24, 2.45) is 5.84 Å². The quantitative estimate of drug-likeness (QED) is 0.454. The minimum absolute atomic E-state index is 0.294. The van der Waals surface area contributed by atoms with Crippen molar-refractivity contribution in [3.63, 3.8) is 0 Å². The second kappa shape index (κ2) is 6.88. The Bertz CT molecular complexity index is 592. The summed E-state index contributed by atoms with van der Waals surface area (Å²) in [6, 6.07) is 10.4. The first-order valence-electron chi connectivity index (χ1n) is 5.79. The largest absolute Gasteiger partial charge is 0.484 e. The normalized spacial score (nSPS) is 9.90. The van der Waals surface area contributed by atoms with E-state index >= 15 is 0 Å². The van der Waals surface area contributed by atoms with Crippen LogP contribution in [-0.4, -0.2) is 11.0 Å². The number of urea groups is 1. The van der Waals surface area contributed by atoms with Gasteiger partial charge in [-0.2, -0.15) is 0 Å². The molecule has 2 amide bonds. The second-order valence-corrected chi connectivity index (χ2v) is 4.68. The number of hydrogen-bond donors (Lipinski definition) is 3. The molecule has 1 heterocycles. The van der Waals surface area contributed by atoms with E-state index in [-0.39, 0.29) is 0 Å². The van der Waals surface area contributed by atoms with Gasteiger partial charge < -0.3 is 10.1 Å². The summed E-state index contributed by atoms with van der Waals surface area (Å²) < 4.78 is 6.43. The first-order valence-corrected chi connectivity index (χ1v) is 6.59. The second-order valence-electron chi connectivity index (χ2n) is 3.82. The molecular weight excluding hydrogens is 324 g/mol. The van der Waals surface area contributed by atoms with Crippen molar-refractivity contribution in [1.29, 1.82) is 0 Å². The summed E-state index contributed by atoms with van der Waals surface area (Å²) in [6.07, 6.45) is 1.69. The zero-order valence-electron chi connectivity index (χ0n) is 10.5. The summed E-state index contributed by atoms with van der Waals surface area (Å²) in [4.78, 5) is 15.5. The van der Waals surface area contributed by atoms with E-state index in [1.807, 2.05) is 29.7 Å². The van der Waals surface area contributed by atoms with Crippen LogP contribution in [0.1, 0.15) is 5.69 Å². The number of nitrogens with one attached hydrogen (secondary N) is 2. The third-order valence-electron chi connectivity index (χ3n) is 2.44. The molecule has 20 heavy (non-hydrogen) atoms. The van der Waals surface area contributed by atoms with Crippen molar-refractivity contribution in [2.75, 3.05) is 5.32 Å². The van der Waals surface area contributed by atoms with Crippen molar-refractivity contribution in [3.8, 4) is 5.75 Å². The molecule has 2 aromatic rings. The number of hydrogen-bond acceptors (Lipinski definition) is 4. The summed E-state index contributed by atoms with van der Waals surface area (Å²) in [5, 5.41) is 2.59. The van der Waals surface area contributed by atoms with Crippen LogP contribution in [0.2, 0.25) is 0 Å². The minimum Gasteiger partial charge on any atom is -0.484 e. The standard InChI is InChI=1S/C13H13BrN4O2/c14-10-5-3-6-11(17-13(19)18-15)12(10)20-8-9-4-1-2-7-16-9/h1-7H,8,15H2,(H2,17,18,19). The SMILES string of the molecule is NNC(=O)Nc1cccc(Br)c1OCc1ccccn1. The number of amides is 2. The highest BCUT2D eigenvalue weighted by Crippen LogP contribution is 2.33. The molecule has 0 aliphatic carbocycles. The van der Waals surface area contributed by atoms with Gasteiger partial charge in [0.15, 0.2) is 5.75 Å². The molecule has 1 aromatic heterocycles. The van der Waals surface area contributed by atoms with E-state index in [0.717, 1.165) is 10.2 Å². The molecule has 0 unspecified atom stereocenters. The number of hydrazine groups is 1. The molecule has 4 N–H and O–H groups in total. The van der Waals surface area contributed by atoms with Crippen LogP contribution in [0.25, 0.3) is 0 Å². The Balaban J connectivity index is 2.15. The molecule has 6 nitrogen and oxygen atoms in total. The molecule has 0 saturated carbocycles. The maximum Gasteiger partial charge on any atom is 0.333 e. The van der Waals surface area contributed by atoms with E-state index in [1.54, 1.807) is 18.3 Å². The lowest BCUT2D eigenvalue weighted by Crippen LogP contribution is -2.34. The van der Waals surface area contributed by atoms with E-state index in [9.17, 15) is 4.79 Å². The molecule has 0 aliphatic heterocycles. The first-order chi connectivity index (χ1) is 9.70. The van der Waals surface area contributed by atoms with E-state index < -0.39 is 6.03 Å². The van der Waals surface area contributed by atoms with Gasteiger partial charge in [-0.3, -0.25) is 10.4 Å². The fraction of sp³-hybridized carbons (Fsp3) is 0.0769. The summed E-state index contributed by atoms with van der Waals surface area (Å²) in [5.41, 5.74) is 3.30. The monoisotopic (exact) mass is 336 g/mol. The Labute approximate surface area is 124 Å². The average Bonchev–Trinajstić information content (AvgIpc) is 2.47. The lowest BCUT2D eigenvalue weighted by molar-refractivity contribution is 0.252. The van der Waals surface area contributed by atoms with Gasteiger partial charge in [0.1, 0.15) is 6.61 Å². The molecule has 7 heteroatoms. The number of nitrogens with two attached hydrogens (primary N) is 1. The van der Waals surface area contributed by atoms with Gasteiger partial charge in [0, 0.05) is 6.20 Å². The molecular formula is C13H13BrN4O2. The summed E-state index contributed by atoms with van der Waals surface area (Å²) >= 11 is 3.38. The van der Waals surface area contributed by atoms with Gasteiger partial charge in [0.2, 0.25) is 0 Å². The molecule has 0 saturated heterocycles. The van der Waals surface area contributed by atoms with E-state index in [4.69, 9.17) is 10.6 Å². The zero-order valence-corrected chi connectivity index (χ0v) is 12.1. The van der Waals surface area contributed by atoms with Crippen molar-refractivity contribution < 1.29 is 9.53 Å². The van der Waals surface area contributed by atoms with Gasteiger partial charge in [0.05, 0.1) is 15.9 Å². The molecule has 0 spiro atoms. The predicted molar refractivity (Wildman–Crippen MR) is 79.1 cm³/mol. The number of para-hydroxylation sites is 1. The Morgan fingerprint density at radius 1 is 1.30 bits per heavy atom. The third kappa shape index (κ3) is 3.69. The van der Waals surface area contributed by atoms with Gasteiger partial charge in [-0.25, -0.2) is 10.6 Å². The third-order valence-corrected chi connectivity index (χ3v) is 3.06. The van der Waals surface area contributed by atoms with Crippen LogP contribution in [-0.2, 0) is 6.61 Å². The Morgan fingerprint density at radius 3 is 2.85 bits per heavy atom. The fourth-order valence-electron chi connectivity index (χ4n) is 1.54. The summed E-state index contributed by atoms with van der Waals surface area (Å²) in [7, 11) is 0. The number of ether oxygens (including phenoxy) is 1. The molecule has 0 radical (unpaired) electrons. The number of rotatable bonds is 4. The predicted octanol–water partition coefficient (Wildman–Crippen LogP) is 2.42. The molecule has 1 aromatic carbocycles. The van der Waals surface area contributed by atoms with Crippen LogP contribution in [0.5, 0.6) is 5.75 Å². The summed E-state index contributed by atoms with van der Waals surface area (Å²) in [5.74, 6) is 5.56. The van der Waals surface area contributed by atoms with Crippen LogP contribution in [0.15, 0.2) is 47.1 Å². The molecule has 0 atom stereocenters. The number of benzene rings is 1. The van der Waals surface area contributed by atoms with Crippen LogP contribution >= 0.6 is 15.9 Å². The van der Waals surface area contributed by atoms with Crippen LogP contribution in [0, 0.1) is 0 Å². The number of halogens is 1. The molecule has 104 valence electrons. The number of anilines is 1. The van der Waals surface area contributed by atoms with Crippen molar-refractivity contribution in [3.05, 3.63) is 52.8 Å². The number of nitrogens with zero attached hydrogens (tertiary/aromatic N) is 1. The molecule has 0 bridgehead atoms. The van der Waals surface area contributed by atoms with E-state index in [2.05, 4.69) is 26.2 Å². The topological polar surface area (TPSA) is 89.3 Å². The number of aromatic nitrogens is 1. The van der Waals surface area contributed by atoms with Crippen LogP contribution in [0.3, 0.4) is 0 Å². The number of carbonyl (C=O) groups excluding carboxylic acids is 1. The molecule has 0 aliphatic rings. The Kier molecular flexibility index (Phi) is 4.91. The highest BCUT2D eigenvalue weighted by Gasteiger charge is 2.11. The van der Waals surface area contributed by atoms with Crippen molar-refractivity contribution >= 4 is 27.6 Å². The smallest absolute Gasteiger partial charge is 0.333 e.